The summed E-state index contributed by atoms with van der Waals surface area (Å²) in [7, 11) is 5.38. The van der Waals surface area contributed by atoms with Gasteiger partial charge < -0.3 is 19.3 Å². The highest BCUT2D eigenvalue weighted by atomic mass is 16.5. The van der Waals surface area contributed by atoms with Crippen molar-refractivity contribution in [2.24, 2.45) is 11.8 Å². The first-order valence-electron chi connectivity index (χ1n) is 13.5. The van der Waals surface area contributed by atoms with Crippen molar-refractivity contribution >= 4 is 12.0 Å². The fourth-order valence-electron chi connectivity index (χ4n) is 6.49. The number of piperidine rings is 1. The van der Waals surface area contributed by atoms with Crippen molar-refractivity contribution in [2.75, 3.05) is 40.9 Å². The maximum atomic E-state index is 13.2. The van der Waals surface area contributed by atoms with Crippen LogP contribution in [0.4, 0.5) is 0 Å². The normalized spacial score (nSPS) is 26.4. The molecule has 0 bridgehead atoms. The first kappa shape index (κ1) is 24.9. The lowest BCUT2D eigenvalue weighted by molar-refractivity contribution is -0.128. The number of likely N-dealkylation sites (N-methyl/N-ethyl adjacent to an activating group) is 1. The Hall–Kier alpha value is -2.79. The zero-order valence-corrected chi connectivity index (χ0v) is 22.0. The molecule has 3 atom stereocenters. The Labute approximate surface area is 216 Å². The van der Waals surface area contributed by atoms with E-state index in [4.69, 9.17) is 9.47 Å². The predicted molar refractivity (Wildman–Crippen MR) is 144 cm³/mol. The molecule has 2 saturated carbocycles. The molecule has 192 valence electrons. The molecule has 0 spiro atoms. The standard InChI is InChI=1S/C31H40N2O3/c1-32(30(34)15-12-23-6-4-8-28(18-23)35-2)27-14-13-26-22-33(21-24-10-11-24)17-16-31(26,20-27)25-7-5-9-29(19-25)36-3/h4-9,12,15,18-19,24,26-27H,10-11,13-14,16-17,20-22H2,1-3H3/t26-,27+,31+/m1/s1. The summed E-state index contributed by atoms with van der Waals surface area (Å²) in [4.78, 5) is 17.9. The third-order valence-corrected chi connectivity index (χ3v) is 8.85. The van der Waals surface area contributed by atoms with Crippen LogP contribution in [0.25, 0.3) is 6.08 Å². The summed E-state index contributed by atoms with van der Waals surface area (Å²) >= 11 is 0. The number of amides is 1. The van der Waals surface area contributed by atoms with E-state index in [0.717, 1.165) is 55.2 Å². The predicted octanol–water partition coefficient (Wildman–Crippen LogP) is 5.40. The number of hydrogen-bond donors (Lipinski definition) is 0. The molecule has 0 aromatic heterocycles. The van der Waals surface area contributed by atoms with Crippen molar-refractivity contribution < 1.29 is 14.3 Å². The second-order valence-corrected chi connectivity index (χ2v) is 11.0. The zero-order valence-electron chi connectivity index (χ0n) is 22.0. The second-order valence-electron chi connectivity index (χ2n) is 11.0. The Morgan fingerprint density at radius 3 is 2.56 bits per heavy atom. The second kappa shape index (κ2) is 10.7. The molecule has 3 fully saturated rings. The number of benzene rings is 2. The van der Waals surface area contributed by atoms with Crippen LogP contribution in [0.1, 0.15) is 49.7 Å². The van der Waals surface area contributed by atoms with E-state index < -0.39 is 0 Å². The van der Waals surface area contributed by atoms with Gasteiger partial charge in [-0.25, -0.2) is 0 Å². The summed E-state index contributed by atoms with van der Waals surface area (Å²) in [5.41, 5.74) is 2.44. The van der Waals surface area contributed by atoms with Crippen LogP contribution in [0.3, 0.4) is 0 Å². The number of carbonyl (C=O) groups excluding carboxylic acids is 1. The number of hydrogen-bond acceptors (Lipinski definition) is 4. The quantitative estimate of drug-likeness (QED) is 0.467. The molecular weight excluding hydrogens is 448 g/mol. The van der Waals surface area contributed by atoms with E-state index >= 15 is 0 Å². The van der Waals surface area contributed by atoms with Crippen molar-refractivity contribution in [3.8, 4) is 11.5 Å². The van der Waals surface area contributed by atoms with Crippen LogP contribution >= 0.6 is 0 Å². The molecule has 2 aromatic carbocycles. The van der Waals surface area contributed by atoms with Gasteiger partial charge in [0, 0.05) is 37.7 Å². The SMILES string of the molecule is COc1cccc(C=CC(=O)N(C)[C@H]2CC[C@@H]3CN(CC4CC4)CC[C@@]3(c3cccc(OC)c3)C2)c1. The molecule has 2 aromatic rings. The molecule has 2 aliphatic carbocycles. The van der Waals surface area contributed by atoms with Gasteiger partial charge in [-0.15, -0.1) is 0 Å². The molecule has 1 amide bonds. The molecule has 3 aliphatic rings. The van der Waals surface area contributed by atoms with Gasteiger partial charge in [0.2, 0.25) is 5.91 Å². The molecule has 1 aliphatic heterocycles. The third kappa shape index (κ3) is 5.31. The summed E-state index contributed by atoms with van der Waals surface area (Å²) in [5.74, 6) is 3.32. The minimum atomic E-state index is 0.0632. The first-order chi connectivity index (χ1) is 17.5. The summed E-state index contributed by atoms with van der Waals surface area (Å²) in [5, 5.41) is 0. The van der Waals surface area contributed by atoms with E-state index in [0.29, 0.717) is 5.92 Å². The fraction of sp³-hybridized carbons (Fsp3) is 0.516. The Kier molecular flexibility index (Phi) is 7.38. The Bertz CT molecular complexity index is 1090. The minimum Gasteiger partial charge on any atom is -0.497 e. The monoisotopic (exact) mass is 488 g/mol. The number of methoxy groups -OCH3 is 2. The molecule has 0 radical (unpaired) electrons. The van der Waals surface area contributed by atoms with E-state index in [9.17, 15) is 4.79 Å². The van der Waals surface area contributed by atoms with Crippen LogP contribution < -0.4 is 9.47 Å². The molecule has 5 rings (SSSR count). The largest absolute Gasteiger partial charge is 0.497 e. The number of nitrogens with zero attached hydrogens (tertiary/aromatic N) is 2. The van der Waals surface area contributed by atoms with Crippen LogP contribution in [0.15, 0.2) is 54.6 Å². The smallest absolute Gasteiger partial charge is 0.246 e. The number of likely N-dealkylation sites (tertiary alicyclic amines) is 1. The van der Waals surface area contributed by atoms with Crippen LogP contribution in [-0.2, 0) is 10.2 Å². The maximum absolute atomic E-state index is 13.2. The number of ether oxygens (including phenoxy) is 2. The lowest BCUT2D eigenvalue weighted by Crippen LogP contribution is -2.56. The van der Waals surface area contributed by atoms with Crippen molar-refractivity contribution in [3.63, 3.8) is 0 Å². The van der Waals surface area contributed by atoms with Gasteiger partial charge in [-0.05, 0) is 98.4 Å². The van der Waals surface area contributed by atoms with Crippen molar-refractivity contribution in [2.45, 2.75) is 50.0 Å². The summed E-state index contributed by atoms with van der Waals surface area (Å²) < 4.78 is 10.9. The Morgan fingerprint density at radius 1 is 1.06 bits per heavy atom. The van der Waals surface area contributed by atoms with Crippen LogP contribution in [-0.4, -0.2) is 62.7 Å². The summed E-state index contributed by atoms with van der Waals surface area (Å²) in [6.45, 7) is 3.58. The highest BCUT2D eigenvalue weighted by molar-refractivity contribution is 5.91. The molecule has 5 heteroatoms. The van der Waals surface area contributed by atoms with Gasteiger partial charge in [0.05, 0.1) is 14.2 Å². The average molecular weight is 489 g/mol. The zero-order chi connectivity index (χ0) is 25.1. The van der Waals surface area contributed by atoms with Gasteiger partial charge in [-0.2, -0.15) is 0 Å². The van der Waals surface area contributed by atoms with Gasteiger partial charge in [-0.1, -0.05) is 24.3 Å². The number of fused-ring (bicyclic) bond motifs is 1. The topological polar surface area (TPSA) is 42.0 Å². The maximum Gasteiger partial charge on any atom is 0.246 e. The van der Waals surface area contributed by atoms with Crippen LogP contribution in [0.2, 0.25) is 0 Å². The highest BCUT2D eigenvalue weighted by Crippen LogP contribution is 2.51. The van der Waals surface area contributed by atoms with E-state index in [-0.39, 0.29) is 17.4 Å². The Balaban J connectivity index is 1.34. The van der Waals surface area contributed by atoms with Crippen molar-refractivity contribution in [1.29, 1.82) is 0 Å². The van der Waals surface area contributed by atoms with Gasteiger partial charge in [0.15, 0.2) is 0 Å². The van der Waals surface area contributed by atoms with E-state index in [2.05, 4.69) is 23.1 Å². The van der Waals surface area contributed by atoms with Crippen molar-refractivity contribution in [3.05, 3.63) is 65.7 Å². The van der Waals surface area contributed by atoms with E-state index in [1.54, 1.807) is 20.3 Å². The molecule has 1 heterocycles. The first-order valence-corrected chi connectivity index (χ1v) is 13.5. The summed E-state index contributed by atoms with van der Waals surface area (Å²) in [6.07, 6.45) is 10.8. The third-order valence-electron chi connectivity index (χ3n) is 8.85. The van der Waals surface area contributed by atoms with Gasteiger partial charge >= 0.3 is 0 Å². The molecule has 1 saturated heterocycles. The van der Waals surface area contributed by atoms with Gasteiger partial charge in [-0.3, -0.25) is 4.79 Å². The van der Waals surface area contributed by atoms with Gasteiger partial charge in [0.1, 0.15) is 11.5 Å². The Morgan fingerprint density at radius 2 is 1.81 bits per heavy atom. The molecule has 0 N–H and O–H groups in total. The highest BCUT2D eigenvalue weighted by Gasteiger charge is 2.49. The lowest BCUT2D eigenvalue weighted by atomic mass is 9.57. The fourth-order valence-corrected chi connectivity index (χ4v) is 6.49. The molecular formula is C31H40N2O3. The number of carbonyl (C=O) groups is 1. The molecule has 5 nitrogen and oxygen atoms in total. The van der Waals surface area contributed by atoms with Crippen LogP contribution in [0.5, 0.6) is 11.5 Å². The molecule has 0 unspecified atom stereocenters. The van der Waals surface area contributed by atoms with Crippen molar-refractivity contribution in [1.82, 2.24) is 9.80 Å². The van der Waals surface area contributed by atoms with Gasteiger partial charge in [0.25, 0.3) is 0 Å². The molecule has 36 heavy (non-hydrogen) atoms. The lowest BCUT2D eigenvalue weighted by Gasteiger charge is -2.54. The number of rotatable bonds is 8. The van der Waals surface area contributed by atoms with E-state index in [1.807, 2.05) is 48.4 Å². The van der Waals surface area contributed by atoms with Crippen LogP contribution in [0, 0.1) is 11.8 Å². The van der Waals surface area contributed by atoms with E-state index in [1.165, 1.54) is 31.5 Å². The average Bonchev–Trinajstić information content (AvgIpc) is 3.75. The summed E-state index contributed by atoms with van der Waals surface area (Å²) in [6, 6.07) is 16.7. The minimum absolute atomic E-state index is 0.0632.